The van der Waals surface area contributed by atoms with E-state index in [4.69, 9.17) is 0 Å². The average Bonchev–Trinajstić information content (AvgIpc) is 2.56. The minimum Gasteiger partial charge on any atom is -0.326 e. The zero-order valence-electron chi connectivity index (χ0n) is 13.3. The molecule has 2 aromatic carbocycles. The number of anilines is 1. The van der Waals surface area contributed by atoms with Crippen molar-refractivity contribution in [2.24, 2.45) is 0 Å². The van der Waals surface area contributed by atoms with Crippen LogP contribution in [-0.4, -0.2) is 5.91 Å². The van der Waals surface area contributed by atoms with Gasteiger partial charge in [-0.2, -0.15) is 0 Å². The molecule has 0 aliphatic carbocycles. The highest BCUT2D eigenvalue weighted by molar-refractivity contribution is 5.91. The van der Waals surface area contributed by atoms with Gasteiger partial charge in [0.05, 0.1) is 0 Å². The van der Waals surface area contributed by atoms with Gasteiger partial charge in [0.2, 0.25) is 5.91 Å². The summed E-state index contributed by atoms with van der Waals surface area (Å²) < 4.78 is 0. The molecule has 0 fully saturated rings. The number of nitrogens with one attached hydrogen (secondary N) is 1. The summed E-state index contributed by atoms with van der Waals surface area (Å²) in [5.74, 6) is 0.113. The molecule has 0 unspecified atom stereocenters. The van der Waals surface area contributed by atoms with E-state index in [0.717, 1.165) is 29.7 Å². The van der Waals surface area contributed by atoms with Gasteiger partial charge in [-0.15, -0.1) is 0 Å². The Labute approximate surface area is 133 Å². The highest BCUT2D eigenvalue weighted by atomic mass is 16.1. The summed E-state index contributed by atoms with van der Waals surface area (Å²) in [6.45, 7) is 2.20. The molecule has 0 saturated heterocycles. The molecule has 0 aliphatic rings. The molecule has 0 spiro atoms. The molecule has 116 valence electrons. The van der Waals surface area contributed by atoms with Crippen molar-refractivity contribution in [3.8, 4) is 11.1 Å². The van der Waals surface area contributed by atoms with Crippen molar-refractivity contribution >= 4 is 11.6 Å². The average molecular weight is 295 g/mol. The Hall–Kier alpha value is -2.09. The summed E-state index contributed by atoms with van der Waals surface area (Å²) in [6.07, 6.45) is 6.46. The van der Waals surface area contributed by atoms with Gasteiger partial charge in [0.15, 0.2) is 0 Å². The normalized spacial score (nSPS) is 10.4. The second kappa shape index (κ2) is 9.04. The molecule has 0 aliphatic heterocycles. The molecule has 0 radical (unpaired) electrons. The molecule has 0 bridgehead atoms. The van der Waals surface area contributed by atoms with Crippen molar-refractivity contribution < 1.29 is 4.79 Å². The smallest absolute Gasteiger partial charge is 0.224 e. The summed E-state index contributed by atoms with van der Waals surface area (Å²) in [7, 11) is 0. The van der Waals surface area contributed by atoms with E-state index in [1.165, 1.54) is 19.3 Å². The Morgan fingerprint density at radius 2 is 1.59 bits per heavy atom. The van der Waals surface area contributed by atoms with Crippen LogP contribution in [0.1, 0.15) is 45.4 Å². The third-order valence-electron chi connectivity index (χ3n) is 3.76. The van der Waals surface area contributed by atoms with E-state index in [-0.39, 0.29) is 5.91 Å². The van der Waals surface area contributed by atoms with Crippen molar-refractivity contribution in [3.63, 3.8) is 0 Å². The number of rotatable bonds is 8. The Kier molecular flexibility index (Phi) is 6.69. The van der Waals surface area contributed by atoms with Crippen LogP contribution in [0.15, 0.2) is 54.6 Å². The molecule has 22 heavy (non-hydrogen) atoms. The van der Waals surface area contributed by atoms with Crippen LogP contribution in [0.3, 0.4) is 0 Å². The molecule has 1 N–H and O–H groups in total. The summed E-state index contributed by atoms with van der Waals surface area (Å²) in [4.78, 5) is 12.0. The predicted octanol–water partition coefficient (Wildman–Crippen LogP) is 5.65. The third kappa shape index (κ3) is 5.36. The molecular formula is C20H25NO. The van der Waals surface area contributed by atoms with E-state index < -0.39 is 0 Å². The standard InChI is InChI=1S/C20H25NO/c1-2-3-4-5-9-15-20(22)21-19-14-10-13-18(16-19)17-11-7-6-8-12-17/h6-8,10-14,16H,2-5,9,15H2,1H3,(H,21,22). The fourth-order valence-electron chi connectivity index (χ4n) is 2.52. The monoisotopic (exact) mass is 295 g/mol. The maximum atomic E-state index is 12.0. The van der Waals surface area contributed by atoms with Gasteiger partial charge in [-0.3, -0.25) is 4.79 Å². The van der Waals surface area contributed by atoms with E-state index in [1.807, 2.05) is 36.4 Å². The number of carbonyl (C=O) groups excluding carboxylic acids is 1. The molecule has 0 heterocycles. The summed E-state index contributed by atoms with van der Waals surface area (Å²) >= 11 is 0. The first kappa shape index (κ1) is 16.3. The van der Waals surface area contributed by atoms with Crippen LogP contribution in [-0.2, 0) is 4.79 Å². The highest BCUT2D eigenvalue weighted by Crippen LogP contribution is 2.22. The Morgan fingerprint density at radius 1 is 0.864 bits per heavy atom. The molecule has 2 aromatic rings. The van der Waals surface area contributed by atoms with E-state index in [1.54, 1.807) is 0 Å². The first-order valence-electron chi connectivity index (χ1n) is 8.25. The summed E-state index contributed by atoms with van der Waals surface area (Å²) in [5.41, 5.74) is 3.17. The molecule has 2 heteroatoms. The van der Waals surface area contributed by atoms with Gasteiger partial charge in [0, 0.05) is 12.1 Å². The van der Waals surface area contributed by atoms with E-state index in [9.17, 15) is 4.79 Å². The molecule has 0 aromatic heterocycles. The number of unbranched alkanes of at least 4 members (excludes halogenated alkanes) is 4. The van der Waals surface area contributed by atoms with Gasteiger partial charge in [-0.05, 0) is 29.7 Å². The Balaban J connectivity index is 1.86. The van der Waals surface area contributed by atoms with E-state index in [2.05, 4.69) is 30.4 Å². The van der Waals surface area contributed by atoms with Crippen LogP contribution in [0.5, 0.6) is 0 Å². The van der Waals surface area contributed by atoms with Crippen LogP contribution in [0.4, 0.5) is 5.69 Å². The van der Waals surface area contributed by atoms with Gasteiger partial charge < -0.3 is 5.32 Å². The second-order valence-corrected chi connectivity index (χ2v) is 5.66. The molecule has 2 rings (SSSR count). The topological polar surface area (TPSA) is 29.1 Å². The zero-order valence-corrected chi connectivity index (χ0v) is 13.3. The lowest BCUT2D eigenvalue weighted by Gasteiger charge is -2.08. The van der Waals surface area contributed by atoms with Crippen LogP contribution in [0, 0.1) is 0 Å². The molecule has 1 amide bonds. The van der Waals surface area contributed by atoms with Crippen molar-refractivity contribution in [1.82, 2.24) is 0 Å². The molecule has 0 atom stereocenters. The number of amides is 1. The minimum atomic E-state index is 0.113. The van der Waals surface area contributed by atoms with Gasteiger partial charge in [-0.25, -0.2) is 0 Å². The summed E-state index contributed by atoms with van der Waals surface area (Å²) in [5, 5.41) is 3.00. The van der Waals surface area contributed by atoms with Crippen molar-refractivity contribution in [3.05, 3.63) is 54.6 Å². The van der Waals surface area contributed by atoms with Gasteiger partial charge in [-0.1, -0.05) is 75.1 Å². The fourth-order valence-corrected chi connectivity index (χ4v) is 2.52. The van der Waals surface area contributed by atoms with Gasteiger partial charge in [0.25, 0.3) is 0 Å². The lowest BCUT2D eigenvalue weighted by molar-refractivity contribution is -0.116. The lowest BCUT2D eigenvalue weighted by Crippen LogP contribution is -2.11. The van der Waals surface area contributed by atoms with Crippen molar-refractivity contribution in [2.75, 3.05) is 5.32 Å². The predicted molar refractivity (Wildman–Crippen MR) is 93.9 cm³/mol. The summed E-state index contributed by atoms with van der Waals surface area (Å²) in [6, 6.07) is 18.2. The minimum absolute atomic E-state index is 0.113. The first-order valence-corrected chi connectivity index (χ1v) is 8.25. The Bertz CT molecular complexity index is 577. The number of carbonyl (C=O) groups is 1. The number of hydrogen-bond acceptors (Lipinski definition) is 1. The van der Waals surface area contributed by atoms with Crippen LogP contribution in [0.2, 0.25) is 0 Å². The number of benzene rings is 2. The maximum Gasteiger partial charge on any atom is 0.224 e. The first-order chi connectivity index (χ1) is 10.8. The van der Waals surface area contributed by atoms with E-state index >= 15 is 0 Å². The van der Waals surface area contributed by atoms with Gasteiger partial charge >= 0.3 is 0 Å². The Morgan fingerprint density at radius 3 is 2.36 bits per heavy atom. The van der Waals surface area contributed by atoms with Crippen LogP contribution < -0.4 is 5.32 Å². The van der Waals surface area contributed by atoms with Crippen molar-refractivity contribution in [1.29, 1.82) is 0 Å². The lowest BCUT2D eigenvalue weighted by atomic mass is 10.1. The molecule has 2 nitrogen and oxygen atoms in total. The van der Waals surface area contributed by atoms with Crippen molar-refractivity contribution in [2.45, 2.75) is 45.4 Å². The van der Waals surface area contributed by atoms with Gasteiger partial charge in [0.1, 0.15) is 0 Å². The highest BCUT2D eigenvalue weighted by Gasteiger charge is 2.04. The quantitative estimate of drug-likeness (QED) is 0.626. The van der Waals surface area contributed by atoms with Crippen LogP contribution in [0.25, 0.3) is 11.1 Å². The SMILES string of the molecule is CCCCCCCC(=O)Nc1cccc(-c2ccccc2)c1. The third-order valence-corrected chi connectivity index (χ3v) is 3.76. The fraction of sp³-hybridized carbons (Fsp3) is 0.350. The van der Waals surface area contributed by atoms with E-state index in [0.29, 0.717) is 6.42 Å². The largest absolute Gasteiger partial charge is 0.326 e. The number of hydrogen-bond donors (Lipinski definition) is 1. The maximum absolute atomic E-state index is 12.0. The second-order valence-electron chi connectivity index (χ2n) is 5.66. The van der Waals surface area contributed by atoms with Crippen LogP contribution >= 0.6 is 0 Å². The molecule has 0 saturated carbocycles. The molecular weight excluding hydrogens is 270 g/mol. The zero-order chi connectivity index (χ0) is 15.6.